The standard InChI is InChI=1S/C19H15F2N3O/c20-14-5-3-6-15(11-14)23-16-8-9-18(22-12-16)24-19(25)10-13-4-1-2-7-17(13)21/h1-9,11-12,23H,10H2,(H,22,24,25). The molecule has 0 unspecified atom stereocenters. The van der Waals surface area contributed by atoms with Gasteiger partial charge in [0.15, 0.2) is 0 Å². The van der Waals surface area contributed by atoms with Crippen molar-refractivity contribution in [2.24, 2.45) is 0 Å². The van der Waals surface area contributed by atoms with Gasteiger partial charge in [-0.25, -0.2) is 13.8 Å². The molecule has 126 valence electrons. The fourth-order valence-electron chi connectivity index (χ4n) is 2.28. The predicted octanol–water partition coefficient (Wildman–Crippen LogP) is 4.28. The van der Waals surface area contributed by atoms with Crippen molar-refractivity contribution in [3.05, 3.63) is 84.1 Å². The molecule has 1 aromatic heterocycles. The van der Waals surface area contributed by atoms with Crippen LogP contribution in [-0.2, 0) is 11.2 Å². The van der Waals surface area contributed by atoms with Crippen LogP contribution < -0.4 is 10.6 Å². The van der Waals surface area contributed by atoms with Crippen molar-refractivity contribution < 1.29 is 13.6 Å². The van der Waals surface area contributed by atoms with Crippen LogP contribution in [0.25, 0.3) is 0 Å². The van der Waals surface area contributed by atoms with E-state index in [0.29, 0.717) is 22.8 Å². The van der Waals surface area contributed by atoms with Crippen LogP contribution in [-0.4, -0.2) is 10.9 Å². The zero-order valence-corrected chi connectivity index (χ0v) is 13.2. The Balaban J connectivity index is 1.60. The number of benzene rings is 2. The van der Waals surface area contributed by atoms with Gasteiger partial charge in [0.1, 0.15) is 17.5 Å². The Morgan fingerprint density at radius 1 is 0.960 bits per heavy atom. The van der Waals surface area contributed by atoms with E-state index in [-0.39, 0.29) is 18.1 Å². The second-order valence-electron chi connectivity index (χ2n) is 5.38. The number of aromatic nitrogens is 1. The van der Waals surface area contributed by atoms with Crippen molar-refractivity contribution >= 4 is 23.1 Å². The minimum atomic E-state index is -0.416. The highest BCUT2D eigenvalue weighted by molar-refractivity contribution is 5.91. The zero-order chi connectivity index (χ0) is 17.6. The number of amides is 1. The molecule has 6 heteroatoms. The second kappa shape index (κ2) is 7.53. The Hall–Kier alpha value is -3.28. The molecule has 0 saturated heterocycles. The van der Waals surface area contributed by atoms with Crippen LogP contribution in [0.1, 0.15) is 5.56 Å². The Bertz CT molecular complexity index is 882. The number of rotatable bonds is 5. The average molecular weight is 339 g/mol. The molecule has 0 radical (unpaired) electrons. The fourth-order valence-corrected chi connectivity index (χ4v) is 2.28. The number of nitrogens with one attached hydrogen (secondary N) is 2. The number of anilines is 3. The van der Waals surface area contributed by atoms with Crippen molar-refractivity contribution in [3.8, 4) is 0 Å². The zero-order valence-electron chi connectivity index (χ0n) is 13.2. The number of hydrogen-bond acceptors (Lipinski definition) is 3. The minimum Gasteiger partial charge on any atom is -0.354 e. The maximum absolute atomic E-state index is 13.5. The molecule has 0 aliphatic heterocycles. The number of pyridine rings is 1. The summed E-state index contributed by atoms with van der Waals surface area (Å²) in [7, 11) is 0. The first-order chi connectivity index (χ1) is 12.1. The number of halogens is 2. The van der Waals surface area contributed by atoms with E-state index in [0.717, 1.165) is 0 Å². The molecule has 2 aromatic carbocycles. The maximum atomic E-state index is 13.5. The molecule has 0 aliphatic carbocycles. The van der Waals surface area contributed by atoms with Crippen LogP contribution in [0.3, 0.4) is 0 Å². The summed E-state index contributed by atoms with van der Waals surface area (Å²) in [5.41, 5.74) is 1.57. The van der Waals surface area contributed by atoms with Gasteiger partial charge in [-0.2, -0.15) is 0 Å². The molecule has 2 N–H and O–H groups in total. The van der Waals surface area contributed by atoms with Gasteiger partial charge in [-0.15, -0.1) is 0 Å². The summed E-state index contributed by atoms with van der Waals surface area (Å²) >= 11 is 0. The summed E-state index contributed by atoms with van der Waals surface area (Å²) < 4.78 is 26.7. The highest BCUT2D eigenvalue weighted by atomic mass is 19.1. The van der Waals surface area contributed by atoms with Gasteiger partial charge in [-0.3, -0.25) is 4.79 Å². The molecule has 1 heterocycles. The predicted molar refractivity (Wildman–Crippen MR) is 92.7 cm³/mol. The Kier molecular flexibility index (Phi) is 4.99. The van der Waals surface area contributed by atoms with Gasteiger partial charge in [0.2, 0.25) is 5.91 Å². The molecule has 25 heavy (non-hydrogen) atoms. The first-order valence-corrected chi connectivity index (χ1v) is 7.62. The summed E-state index contributed by atoms with van der Waals surface area (Å²) in [6.45, 7) is 0. The van der Waals surface area contributed by atoms with Gasteiger partial charge in [-0.05, 0) is 42.0 Å². The third-order valence-corrected chi connectivity index (χ3v) is 3.45. The van der Waals surface area contributed by atoms with E-state index < -0.39 is 5.82 Å². The van der Waals surface area contributed by atoms with Crippen LogP contribution >= 0.6 is 0 Å². The van der Waals surface area contributed by atoms with Crippen molar-refractivity contribution in [2.75, 3.05) is 10.6 Å². The van der Waals surface area contributed by atoms with E-state index in [1.54, 1.807) is 42.5 Å². The molecule has 3 aromatic rings. The average Bonchev–Trinajstić information content (AvgIpc) is 2.59. The van der Waals surface area contributed by atoms with E-state index >= 15 is 0 Å². The molecule has 0 bridgehead atoms. The van der Waals surface area contributed by atoms with Crippen LogP contribution in [0.2, 0.25) is 0 Å². The number of hydrogen-bond donors (Lipinski definition) is 2. The Morgan fingerprint density at radius 3 is 2.52 bits per heavy atom. The highest BCUT2D eigenvalue weighted by Gasteiger charge is 2.08. The number of carbonyl (C=O) groups excluding carboxylic acids is 1. The molecule has 0 aliphatic rings. The summed E-state index contributed by atoms with van der Waals surface area (Å²) in [6, 6.07) is 15.5. The molecule has 4 nitrogen and oxygen atoms in total. The van der Waals surface area contributed by atoms with Gasteiger partial charge in [0.25, 0.3) is 0 Å². The van der Waals surface area contributed by atoms with Gasteiger partial charge < -0.3 is 10.6 Å². The first kappa shape index (κ1) is 16.6. The maximum Gasteiger partial charge on any atom is 0.230 e. The number of nitrogens with zero attached hydrogens (tertiary/aromatic N) is 1. The van der Waals surface area contributed by atoms with E-state index in [2.05, 4.69) is 15.6 Å². The van der Waals surface area contributed by atoms with E-state index in [1.807, 2.05) is 0 Å². The summed E-state index contributed by atoms with van der Waals surface area (Å²) in [5.74, 6) is -0.759. The smallest absolute Gasteiger partial charge is 0.230 e. The molecule has 0 spiro atoms. The third-order valence-electron chi connectivity index (χ3n) is 3.45. The summed E-state index contributed by atoms with van der Waals surface area (Å²) in [6.07, 6.45) is 1.45. The second-order valence-corrected chi connectivity index (χ2v) is 5.38. The summed E-state index contributed by atoms with van der Waals surface area (Å²) in [5, 5.41) is 5.62. The van der Waals surface area contributed by atoms with Crippen molar-refractivity contribution in [3.63, 3.8) is 0 Å². The van der Waals surface area contributed by atoms with Gasteiger partial charge in [0, 0.05) is 5.69 Å². The van der Waals surface area contributed by atoms with E-state index in [4.69, 9.17) is 0 Å². The SMILES string of the molecule is O=C(Cc1ccccc1F)Nc1ccc(Nc2cccc(F)c2)cn1. The van der Waals surface area contributed by atoms with Crippen molar-refractivity contribution in [1.82, 2.24) is 4.98 Å². The van der Waals surface area contributed by atoms with E-state index in [1.165, 1.54) is 24.4 Å². The Labute approximate surface area is 143 Å². The molecule has 0 fully saturated rings. The fraction of sp³-hybridized carbons (Fsp3) is 0.0526. The molecule has 0 saturated carbocycles. The van der Waals surface area contributed by atoms with Crippen LogP contribution in [0.5, 0.6) is 0 Å². The normalized spacial score (nSPS) is 10.3. The van der Waals surface area contributed by atoms with Crippen LogP contribution in [0.15, 0.2) is 66.9 Å². The molecular weight excluding hydrogens is 324 g/mol. The molecule has 1 amide bonds. The lowest BCUT2D eigenvalue weighted by Gasteiger charge is -2.08. The largest absolute Gasteiger partial charge is 0.354 e. The van der Waals surface area contributed by atoms with Crippen molar-refractivity contribution in [1.29, 1.82) is 0 Å². The first-order valence-electron chi connectivity index (χ1n) is 7.62. The minimum absolute atomic E-state index is 0.0718. The van der Waals surface area contributed by atoms with Gasteiger partial charge in [-0.1, -0.05) is 24.3 Å². The van der Waals surface area contributed by atoms with Crippen molar-refractivity contribution in [2.45, 2.75) is 6.42 Å². The van der Waals surface area contributed by atoms with E-state index in [9.17, 15) is 13.6 Å². The lowest BCUT2D eigenvalue weighted by Crippen LogP contribution is -2.16. The lowest BCUT2D eigenvalue weighted by molar-refractivity contribution is -0.115. The quantitative estimate of drug-likeness (QED) is 0.729. The molecular formula is C19H15F2N3O. The van der Waals surface area contributed by atoms with Crippen LogP contribution in [0, 0.1) is 11.6 Å². The van der Waals surface area contributed by atoms with Gasteiger partial charge >= 0.3 is 0 Å². The van der Waals surface area contributed by atoms with Crippen LogP contribution in [0.4, 0.5) is 26.0 Å². The number of carbonyl (C=O) groups is 1. The topological polar surface area (TPSA) is 54.0 Å². The molecule has 3 rings (SSSR count). The monoisotopic (exact) mass is 339 g/mol. The molecule has 0 atom stereocenters. The summed E-state index contributed by atoms with van der Waals surface area (Å²) in [4.78, 5) is 16.1. The Morgan fingerprint density at radius 2 is 1.80 bits per heavy atom. The highest BCUT2D eigenvalue weighted by Crippen LogP contribution is 2.18. The third kappa shape index (κ3) is 4.60. The lowest BCUT2D eigenvalue weighted by atomic mass is 10.1. The van der Waals surface area contributed by atoms with Gasteiger partial charge in [0.05, 0.1) is 18.3 Å².